The third-order valence-corrected chi connectivity index (χ3v) is 4.08. The smallest absolute Gasteiger partial charge is 0.407 e. The van der Waals surface area contributed by atoms with Crippen molar-refractivity contribution in [2.24, 2.45) is 5.73 Å². The van der Waals surface area contributed by atoms with E-state index in [0.717, 1.165) is 11.8 Å². The number of hydrogen-bond acceptors (Lipinski definition) is 5. The van der Waals surface area contributed by atoms with E-state index in [9.17, 15) is 13.2 Å². The summed E-state index contributed by atoms with van der Waals surface area (Å²) in [7, 11) is -3.22. The van der Waals surface area contributed by atoms with Gasteiger partial charge in [-0.2, -0.15) is 0 Å². The molecule has 0 spiro atoms. The molecule has 1 atom stereocenters. The molecule has 0 heterocycles. The zero-order valence-corrected chi connectivity index (χ0v) is 14.2. The molecule has 0 bridgehead atoms. The van der Waals surface area contributed by atoms with Gasteiger partial charge in [0, 0.05) is 25.3 Å². The molecular weight excluding hydrogens is 304 g/mol. The highest BCUT2D eigenvalue weighted by atomic mass is 32.2. The highest BCUT2D eigenvalue weighted by molar-refractivity contribution is 7.90. The van der Waals surface area contributed by atoms with Gasteiger partial charge in [0.2, 0.25) is 0 Å². The van der Waals surface area contributed by atoms with Crippen LogP contribution in [0, 0.1) is 0 Å². The summed E-state index contributed by atoms with van der Waals surface area (Å²) in [5.74, 6) is -0.110. The fourth-order valence-electron chi connectivity index (χ4n) is 1.85. The second kappa shape index (κ2) is 7.11. The van der Waals surface area contributed by atoms with Crippen LogP contribution < -0.4 is 11.1 Å². The van der Waals surface area contributed by atoms with Crippen LogP contribution in [0.15, 0.2) is 29.2 Å². The molecule has 1 aromatic rings. The third kappa shape index (κ3) is 6.03. The minimum absolute atomic E-state index is 0.110. The number of rotatable bonds is 5. The minimum Gasteiger partial charge on any atom is -0.444 e. The van der Waals surface area contributed by atoms with Crippen LogP contribution in [-0.2, 0) is 14.6 Å². The lowest BCUT2D eigenvalue weighted by Crippen LogP contribution is -2.36. The molecule has 124 valence electrons. The topological polar surface area (TPSA) is 98.5 Å². The van der Waals surface area contributed by atoms with Gasteiger partial charge in [0.1, 0.15) is 5.60 Å². The Morgan fingerprint density at radius 1 is 1.27 bits per heavy atom. The van der Waals surface area contributed by atoms with Crippen LogP contribution in [0.25, 0.3) is 0 Å². The molecule has 1 amide bonds. The maximum Gasteiger partial charge on any atom is 0.407 e. The first-order valence-electron chi connectivity index (χ1n) is 7.00. The van der Waals surface area contributed by atoms with E-state index in [4.69, 9.17) is 10.5 Å². The average Bonchev–Trinajstić information content (AvgIpc) is 2.37. The van der Waals surface area contributed by atoms with Gasteiger partial charge >= 0.3 is 6.09 Å². The fourth-order valence-corrected chi connectivity index (χ4v) is 2.48. The Hall–Kier alpha value is -1.60. The lowest BCUT2D eigenvalue weighted by atomic mass is 9.99. The van der Waals surface area contributed by atoms with Gasteiger partial charge in [0.05, 0.1) is 4.90 Å². The largest absolute Gasteiger partial charge is 0.444 e. The summed E-state index contributed by atoms with van der Waals surface area (Å²) in [6.07, 6.45) is 0.658. The van der Waals surface area contributed by atoms with Crippen molar-refractivity contribution in [1.82, 2.24) is 5.32 Å². The molecule has 0 aromatic heterocycles. The average molecular weight is 328 g/mol. The zero-order valence-electron chi connectivity index (χ0n) is 13.4. The molecule has 7 heteroatoms. The number of amides is 1. The summed E-state index contributed by atoms with van der Waals surface area (Å²) < 4.78 is 28.0. The lowest BCUT2D eigenvalue weighted by Gasteiger charge is -2.21. The van der Waals surface area contributed by atoms with E-state index in [0.29, 0.717) is 13.1 Å². The molecule has 0 aliphatic heterocycles. The summed E-state index contributed by atoms with van der Waals surface area (Å²) >= 11 is 0. The SMILES string of the molecule is CC(C)(C)OC(=O)NCC(CN)c1ccc(S(C)(=O)=O)cc1. The van der Waals surface area contributed by atoms with Crippen LogP contribution in [0.4, 0.5) is 4.79 Å². The molecule has 0 aliphatic rings. The van der Waals surface area contributed by atoms with E-state index >= 15 is 0 Å². The summed E-state index contributed by atoms with van der Waals surface area (Å²) in [5, 5.41) is 2.67. The van der Waals surface area contributed by atoms with Crippen LogP contribution in [0.5, 0.6) is 0 Å². The van der Waals surface area contributed by atoms with E-state index in [1.807, 2.05) is 0 Å². The van der Waals surface area contributed by atoms with Gasteiger partial charge in [-0.15, -0.1) is 0 Å². The molecule has 1 rings (SSSR count). The van der Waals surface area contributed by atoms with Crippen LogP contribution in [0.1, 0.15) is 32.3 Å². The van der Waals surface area contributed by atoms with Crippen LogP contribution in [0.3, 0.4) is 0 Å². The van der Waals surface area contributed by atoms with Crippen LogP contribution >= 0.6 is 0 Å². The van der Waals surface area contributed by atoms with Crippen molar-refractivity contribution in [1.29, 1.82) is 0 Å². The predicted octanol–water partition coefficient (Wildman–Crippen LogP) is 1.66. The molecule has 1 unspecified atom stereocenters. The Kier molecular flexibility index (Phi) is 5.96. The number of benzene rings is 1. The number of sulfone groups is 1. The molecule has 0 saturated heterocycles. The van der Waals surface area contributed by atoms with E-state index in [-0.39, 0.29) is 10.8 Å². The first-order chi connectivity index (χ1) is 10.0. The first kappa shape index (κ1) is 18.4. The van der Waals surface area contributed by atoms with Crippen molar-refractivity contribution >= 4 is 15.9 Å². The molecule has 1 aromatic carbocycles. The molecule has 3 N–H and O–H groups in total. The number of nitrogens with one attached hydrogen (secondary N) is 1. The second-order valence-corrected chi connectivity index (χ2v) is 8.17. The lowest BCUT2D eigenvalue weighted by molar-refractivity contribution is 0.0525. The van der Waals surface area contributed by atoms with Crippen LogP contribution in [-0.4, -0.2) is 39.5 Å². The Balaban J connectivity index is 2.70. The number of carbonyl (C=O) groups is 1. The van der Waals surface area contributed by atoms with Crippen molar-refractivity contribution < 1.29 is 17.9 Å². The van der Waals surface area contributed by atoms with Gasteiger partial charge in [-0.3, -0.25) is 0 Å². The van der Waals surface area contributed by atoms with Gasteiger partial charge in [0.25, 0.3) is 0 Å². The minimum atomic E-state index is -3.22. The molecule has 0 fully saturated rings. The van der Waals surface area contributed by atoms with Gasteiger partial charge in [0.15, 0.2) is 9.84 Å². The molecule has 0 radical (unpaired) electrons. The number of hydrogen-bond donors (Lipinski definition) is 2. The Morgan fingerprint density at radius 2 is 1.82 bits per heavy atom. The number of carbonyl (C=O) groups excluding carboxylic acids is 1. The van der Waals surface area contributed by atoms with Gasteiger partial charge in [-0.05, 0) is 38.5 Å². The predicted molar refractivity (Wildman–Crippen MR) is 85.6 cm³/mol. The number of nitrogens with two attached hydrogens (primary N) is 1. The van der Waals surface area contributed by atoms with Gasteiger partial charge < -0.3 is 15.8 Å². The van der Waals surface area contributed by atoms with E-state index in [2.05, 4.69) is 5.32 Å². The van der Waals surface area contributed by atoms with Gasteiger partial charge in [-0.25, -0.2) is 13.2 Å². The first-order valence-corrected chi connectivity index (χ1v) is 8.89. The van der Waals surface area contributed by atoms with Crippen molar-refractivity contribution in [3.05, 3.63) is 29.8 Å². The van der Waals surface area contributed by atoms with E-state index in [1.165, 1.54) is 0 Å². The van der Waals surface area contributed by atoms with Crippen molar-refractivity contribution in [2.75, 3.05) is 19.3 Å². The zero-order chi connectivity index (χ0) is 17.0. The Labute approximate surface area is 132 Å². The second-order valence-electron chi connectivity index (χ2n) is 6.16. The summed E-state index contributed by atoms with van der Waals surface area (Å²) in [6, 6.07) is 6.51. The van der Waals surface area contributed by atoms with Crippen molar-refractivity contribution in [3.8, 4) is 0 Å². The molecule has 6 nitrogen and oxygen atoms in total. The quantitative estimate of drug-likeness (QED) is 0.856. The molecule has 22 heavy (non-hydrogen) atoms. The Morgan fingerprint density at radius 3 is 2.23 bits per heavy atom. The van der Waals surface area contributed by atoms with Crippen molar-refractivity contribution in [2.45, 2.75) is 37.2 Å². The van der Waals surface area contributed by atoms with Gasteiger partial charge in [-0.1, -0.05) is 12.1 Å². The summed E-state index contributed by atoms with van der Waals surface area (Å²) in [5.41, 5.74) is 6.04. The highest BCUT2D eigenvalue weighted by Crippen LogP contribution is 2.17. The maximum absolute atomic E-state index is 11.6. The molecule has 0 saturated carbocycles. The van der Waals surface area contributed by atoms with E-state index in [1.54, 1.807) is 45.0 Å². The normalized spacial score (nSPS) is 13.5. The molecule has 0 aliphatic carbocycles. The van der Waals surface area contributed by atoms with E-state index < -0.39 is 21.5 Å². The Bertz CT molecular complexity index is 603. The third-order valence-electron chi connectivity index (χ3n) is 2.96. The number of alkyl carbamates (subject to hydrolysis) is 1. The molecular formula is C15H24N2O4S. The highest BCUT2D eigenvalue weighted by Gasteiger charge is 2.18. The number of ether oxygens (including phenoxy) is 1. The summed E-state index contributed by atoms with van der Waals surface area (Å²) in [4.78, 5) is 11.9. The van der Waals surface area contributed by atoms with Crippen LogP contribution in [0.2, 0.25) is 0 Å². The van der Waals surface area contributed by atoms with Crippen molar-refractivity contribution in [3.63, 3.8) is 0 Å². The monoisotopic (exact) mass is 328 g/mol. The fraction of sp³-hybridized carbons (Fsp3) is 0.533. The summed E-state index contributed by atoms with van der Waals surface area (Å²) in [6.45, 7) is 6.02. The standard InChI is InChI=1S/C15H24N2O4S/c1-15(2,3)21-14(18)17-10-12(9-16)11-5-7-13(8-6-11)22(4,19)20/h5-8,12H,9-10,16H2,1-4H3,(H,17,18). The maximum atomic E-state index is 11.6.